The van der Waals surface area contributed by atoms with E-state index < -0.39 is 6.67 Å². The van der Waals surface area contributed by atoms with E-state index in [1.165, 1.54) is 0 Å². The molecule has 0 saturated carbocycles. The first-order chi connectivity index (χ1) is 8.54. The molecule has 0 unspecified atom stereocenters. The standard InChI is InChI=1S/C13H18Cl2FNO/c1-9(2)17-8-10-6-11(14)7-12(15)13(10)18-5-3-4-16/h6-7,9,17H,3-5,8H2,1-2H3. The van der Waals surface area contributed by atoms with Crippen molar-refractivity contribution in [2.24, 2.45) is 0 Å². The van der Waals surface area contributed by atoms with E-state index in [1.807, 2.05) is 6.07 Å². The maximum Gasteiger partial charge on any atom is 0.142 e. The van der Waals surface area contributed by atoms with Gasteiger partial charge in [0.2, 0.25) is 0 Å². The molecule has 0 aliphatic carbocycles. The molecule has 0 radical (unpaired) electrons. The van der Waals surface area contributed by atoms with Crippen molar-refractivity contribution in [3.8, 4) is 5.75 Å². The summed E-state index contributed by atoms with van der Waals surface area (Å²) in [4.78, 5) is 0. The molecule has 0 aliphatic rings. The highest BCUT2D eigenvalue weighted by Gasteiger charge is 2.11. The highest BCUT2D eigenvalue weighted by Crippen LogP contribution is 2.32. The Kier molecular flexibility index (Phi) is 6.76. The number of alkyl halides is 1. The number of halogens is 3. The van der Waals surface area contributed by atoms with Crippen molar-refractivity contribution < 1.29 is 9.13 Å². The topological polar surface area (TPSA) is 21.3 Å². The molecule has 102 valence electrons. The average Bonchev–Trinajstić information content (AvgIpc) is 2.29. The van der Waals surface area contributed by atoms with Crippen LogP contribution in [0.4, 0.5) is 4.39 Å². The molecule has 5 heteroatoms. The highest BCUT2D eigenvalue weighted by atomic mass is 35.5. The third-order valence-electron chi connectivity index (χ3n) is 2.31. The van der Waals surface area contributed by atoms with Gasteiger partial charge >= 0.3 is 0 Å². The summed E-state index contributed by atoms with van der Waals surface area (Å²) in [6.07, 6.45) is 0.357. The lowest BCUT2D eigenvalue weighted by Crippen LogP contribution is -2.22. The van der Waals surface area contributed by atoms with Crippen LogP contribution >= 0.6 is 23.2 Å². The summed E-state index contributed by atoms with van der Waals surface area (Å²) in [6.45, 7) is 4.63. The van der Waals surface area contributed by atoms with Gasteiger partial charge in [-0.15, -0.1) is 0 Å². The van der Waals surface area contributed by atoms with Crippen LogP contribution < -0.4 is 10.1 Å². The first-order valence-electron chi connectivity index (χ1n) is 5.94. The van der Waals surface area contributed by atoms with Crippen LogP contribution in [-0.4, -0.2) is 19.3 Å². The molecule has 0 bridgehead atoms. The minimum atomic E-state index is -0.398. The molecule has 2 nitrogen and oxygen atoms in total. The van der Waals surface area contributed by atoms with Crippen LogP contribution in [0.25, 0.3) is 0 Å². The van der Waals surface area contributed by atoms with Crippen LogP contribution in [0.3, 0.4) is 0 Å². The molecule has 0 saturated heterocycles. The fourth-order valence-corrected chi connectivity index (χ4v) is 2.04. The van der Waals surface area contributed by atoms with Gasteiger partial charge in [-0.25, -0.2) is 0 Å². The number of rotatable bonds is 7. The predicted molar refractivity (Wildman–Crippen MR) is 74.5 cm³/mol. The smallest absolute Gasteiger partial charge is 0.142 e. The van der Waals surface area contributed by atoms with Crippen LogP contribution in [0, 0.1) is 0 Å². The molecule has 18 heavy (non-hydrogen) atoms. The van der Waals surface area contributed by atoms with Crippen LogP contribution in [-0.2, 0) is 6.54 Å². The van der Waals surface area contributed by atoms with Gasteiger partial charge in [0.05, 0.1) is 18.3 Å². The molecule has 1 N–H and O–H groups in total. The third-order valence-corrected chi connectivity index (χ3v) is 2.81. The molecule has 0 fully saturated rings. The summed E-state index contributed by atoms with van der Waals surface area (Å²) in [5.74, 6) is 0.586. The predicted octanol–water partition coefficient (Wildman–Crippen LogP) is 4.23. The summed E-state index contributed by atoms with van der Waals surface area (Å²) in [5, 5.41) is 4.30. The Morgan fingerprint density at radius 1 is 1.33 bits per heavy atom. The van der Waals surface area contributed by atoms with Gasteiger partial charge < -0.3 is 10.1 Å². The van der Waals surface area contributed by atoms with E-state index >= 15 is 0 Å². The van der Waals surface area contributed by atoms with Crippen LogP contribution in [0.15, 0.2) is 12.1 Å². The number of hydrogen-bond acceptors (Lipinski definition) is 2. The van der Waals surface area contributed by atoms with Gasteiger partial charge in [-0.2, -0.15) is 0 Å². The molecular weight excluding hydrogens is 276 g/mol. The zero-order chi connectivity index (χ0) is 13.5. The summed E-state index contributed by atoms with van der Waals surface area (Å²) in [7, 11) is 0. The van der Waals surface area contributed by atoms with Gasteiger partial charge in [0.15, 0.2) is 0 Å². The van der Waals surface area contributed by atoms with Gasteiger partial charge in [0.1, 0.15) is 5.75 Å². The monoisotopic (exact) mass is 293 g/mol. The minimum Gasteiger partial charge on any atom is -0.492 e. The molecule has 1 aromatic carbocycles. The van der Waals surface area contributed by atoms with Gasteiger partial charge in [-0.05, 0) is 12.1 Å². The first-order valence-corrected chi connectivity index (χ1v) is 6.70. The number of nitrogens with one attached hydrogen (secondary N) is 1. The lowest BCUT2D eigenvalue weighted by Gasteiger charge is -2.15. The Labute approximate surface area is 117 Å². The summed E-state index contributed by atoms with van der Waals surface area (Å²) in [5.41, 5.74) is 0.889. The average molecular weight is 294 g/mol. The summed E-state index contributed by atoms with van der Waals surface area (Å²) in [6, 6.07) is 3.79. The third kappa shape index (κ3) is 5.01. The van der Waals surface area contributed by atoms with E-state index in [-0.39, 0.29) is 0 Å². The molecule has 1 aromatic rings. The van der Waals surface area contributed by atoms with Crippen LogP contribution in [0.1, 0.15) is 25.8 Å². The van der Waals surface area contributed by atoms with Crippen molar-refractivity contribution >= 4 is 23.2 Å². The van der Waals surface area contributed by atoms with Crippen molar-refractivity contribution in [3.63, 3.8) is 0 Å². The highest BCUT2D eigenvalue weighted by molar-refractivity contribution is 6.35. The normalized spacial score (nSPS) is 11.0. The Morgan fingerprint density at radius 2 is 2.06 bits per heavy atom. The Bertz CT molecular complexity index is 385. The number of ether oxygens (including phenoxy) is 1. The zero-order valence-corrected chi connectivity index (χ0v) is 12.1. The van der Waals surface area contributed by atoms with Crippen molar-refractivity contribution in [1.29, 1.82) is 0 Å². The molecule has 1 rings (SSSR count). The lowest BCUT2D eigenvalue weighted by atomic mass is 10.2. The number of benzene rings is 1. The van der Waals surface area contributed by atoms with Gasteiger partial charge in [0.25, 0.3) is 0 Å². The van der Waals surface area contributed by atoms with E-state index in [4.69, 9.17) is 27.9 Å². The minimum absolute atomic E-state index is 0.312. The summed E-state index contributed by atoms with van der Waals surface area (Å²) >= 11 is 12.1. The van der Waals surface area contributed by atoms with E-state index in [2.05, 4.69) is 19.2 Å². The molecule has 0 aromatic heterocycles. The van der Waals surface area contributed by atoms with E-state index in [0.29, 0.717) is 41.4 Å². The molecular formula is C13H18Cl2FNO. The van der Waals surface area contributed by atoms with E-state index in [1.54, 1.807) is 6.07 Å². The van der Waals surface area contributed by atoms with Gasteiger partial charge in [0, 0.05) is 29.6 Å². The SMILES string of the molecule is CC(C)NCc1cc(Cl)cc(Cl)c1OCCCF. The second-order valence-electron chi connectivity index (χ2n) is 4.30. The molecule has 0 spiro atoms. The lowest BCUT2D eigenvalue weighted by molar-refractivity contribution is 0.286. The second-order valence-corrected chi connectivity index (χ2v) is 5.15. The second kappa shape index (κ2) is 7.82. The van der Waals surface area contributed by atoms with Crippen molar-refractivity contribution in [3.05, 3.63) is 27.7 Å². The zero-order valence-electron chi connectivity index (χ0n) is 10.6. The first kappa shape index (κ1) is 15.5. The fourth-order valence-electron chi connectivity index (χ4n) is 1.45. The van der Waals surface area contributed by atoms with Gasteiger partial charge in [-0.1, -0.05) is 37.0 Å². The quantitative estimate of drug-likeness (QED) is 0.760. The Hall–Kier alpha value is -0.510. The maximum atomic E-state index is 12.1. The fraction of sp³-hybridized carbons (Fsp3) is 0.538. The Balaban J connectivity index is 2.83. The van der Waals surface area contributed by atoms with Crippen LogP contribution in [0.5, 0.6) is 5.75 Å². The Morgan fingerprint density at radius 3 is 2.67 bits per heavy atom. The van der Waals surface area contributed by atoms with E-state index in [0.717, 1.165) is 5.56 Å². The van der Waals surface area contributed by atoms with Crippen LogP contribution in [0.2, 0.25) is 10.0 Å². The van der Waals surface area contributed by atoms with Gasteiger partial charge in [-0.3, -0.25) is 4.39 Å². The van der Waals surface area contributed by atoms with Crippen molar-refractivity contribution in [2.45, 2.75) is 32.9 Å². The van der Waals surface area contributed by atoms with Crippen molar-refractivity contribution in [2.75, 3.05) is 13.3 Å². The molecule has 0 atom stereocenters. The summed E-state index contributed by atoms with van der Waals surface area (Å²) < 4.78 is 17.6. The molecule has 0 amide bonds. The largest absolute Gasteiger partial charge is 0.492 e. The van der Waals surface area contributed by atoms with E-state index in [9.17, 15) is 4.39 Å². The molecule has 0 heterocycles. The molecule has 0 aliphatic heterocycles. The van der Waals surface area contributed by atoms with Crippen molar-refractivity contribution in [1.82, 2.24) is 5.32 Å². The number of hydrogen-bond donors (Lipinski definition) is 1. The maximum absolute atomic E-state index is 12.1.